The largest absolute Gasteiger partial charge is 0.370 e. The maximum Gasteiger partial charge on any atom is 0.218 e. The van der Waals surface area contributed by atoms with E-state index in [0.29, 0.717) is 12.5 Å². The summed E-state index contributed by atoms with van der Waals surface area (Å²) in [5.41, 5.74) is 6.57. The number of nitrogens with two attached hydrogens (primary N) is 1. The van der Waals surface area contributed by atoms with Crippen molar-refractivity contribution in [2.75, 3.05) is 6.54 Å². The molecule has 1 atom stereocenters. The molecule has 16 heavy (non-hydrogen) atoms. The Morgan fingerprint density at radius 3 is 2.81 bits per heavy atom. The van der Waals surface area contributed by atoms with Crippen molar-refractivity contribution >= 4 is 5.91 Å². The second kappa shape index (κ2) is 5.12. The maximum absolute atomic E-state index is 10.9. The molecule has 0 aromatic heterocycles. The van der Waals surface area contributed by atoms with Gasteiger partial charge in [-0.2, -0.15) is 0 Å². The number of likely N-dealkylation sites (tertiary alicyclic amines) is 1. The number of carbonyl (C=O) groups is 1. The zero-order valence-electron chi connectivity index (χ0n) is 9.43. The topological polar surface area (TPSA) is 46.3 Å². The van der Waals surface area contributed by atoms with E-state index in [1.807, 2.05) is 6.07 Å². The predicted octanol–water partition coefficient (Wildman–Crippen LogP) is 1.53. The molecule has 2 rings (SSSR count). The average molecular weight is 218 g/mol. The maximum atomic E-state index is 10.9. The van der Waals surface area contributed by atoms with E-state index in [2.05, 4.69) is 29.2 Å². The van der Waals surface area contributed by atoms with Gasteiger partial charge in [0.2, 0.25) is 5.91 Å². The van der Waals surface area contributed by atoms with E-state index < -0.39 is 0 Å². The van der Waals surface area contributed by atoms with E-state index in [1.165, 1.54) is 12.0 Å². The third-order valence-corrected chi connectivity index (χ3v) is 3.16. The highest BCUT2D eigenvalue weighted by Crippen LogP contribution is 2.22. The molecule has 1 aromatic rings. The second-order valence-corrected chi connectivity index (χ2v) is 4.42. The molecule has 0 aliphatic carbocycles. The molecule has 1 aliphatic heterocycles. The van der Waals surface area contributed by atoms with E-state index >= 15 is 0 Å². The number of amides is 1. The van der Waals surface area contributed by atoms with Crippen LogP contribution in [-0.4, -0.2) is 23.4 Å². The third kappa shape index (κ3) is 2.83. The Bertz CT molecular complexity index is 350. The number of nitrogens with zero attached hydrogens (tertiary/aromatic N) is 1. The molecule has 3 nitrogen and oxygen atoms in total. The highest BCUT2D eigenvalue weighted by molar-refractivity contribution is 5.74. The SMILES string of the molecule is NC(=O)C[C@@H]1CCCN1Cc1ccccc1. The summed E-state index contributed by atoms with van der Waals surface area (Å²) in [7, 11) is 0. The van der Waals surface area contributed by atoms with Crippen LogP contribution in [0.15, 0.2) is 30.3 Å². The first-order valence-corrected chi connectivity index (χ1v) is 5.82. The molecule has 2 N–H and O–H groups in total. The lowest BCUT2D eigenvalue weighted by atomic mass is 10.1. The molecule has 0 saturated carbocycles. The number of rotatable bonds is 4. The Morgan fingerprint density at radius 2 is 2.12 bits per heavy atom. The zero-order valence-corrected chi connectivity index (χ0v) is 9.43. The fourth-order valence-electron chi connectivity index (χ4n) is 2.38. The van der Waals surface area contributed by atoms with Gasteiger partial charge in [-0.25, -0.2) is 0 Å². The van der Waals surface area contributed by atoms with E-state index in [9.17, 15) is 4.79 Å². The highest BCUT2D eigenvalue weighted by Gasteiger charge is 2.25. The monoisotopic (exact) mass is 218 g/mol. The Kier molecular flexibility index (Phi) is 3.57. The molecule has 1 aliphatic rings. The minimum atomic E-state index is -0.190. The summed E-state index contributed by atoms with van der Waals surface area (Å²) in [5, 5.41) is 0. The van der Waals surface area contributed by atoms with Gasteiger partial charge in [-0.15, -0.1) is 0 Å². The van der Waals surface area contributed by atoms with Gasteiger partial charge >= 0.3 is 0 Å². The van der Waals surface area contributed by atoms with E-state index in [0.717, 1.165) is 19.5 Å². The number of primary amides is 1. The molecule has 0 bridgehead atoms. The Morgan fingerprint density at radius 1 is 1.38 bits per heavy atom. The van der Waals surface area contributed by atoms with Crippen molar-refractivity contribution in [2.45, 2.75) is 31.8 Å². The molecule has 0 radical (unpaired) electrons. The van der Waals surface area contributed by atoms with Crippen molar-refractivity contribution in [2.24, 2.45) is 5.73 Å². The number of hydrogen-bond acceptors (Lipinski definition) is 2. The van der Waals surface area contributed by atoms with Crippen molar-refractivity contribution in [3.8, 4) is 0 Å². The van der Waals surface area contributed by atoms with E-state index in [-0.39, 0.29) is 5.91 Å². The van der Waals surface area contributed by atoms with Crippen molar-refractivity contribution < 1.29 is 4.79 Å². The Hall–Kier alpha value is -1.35. The molecular formula is C13H18N2O. The van der Waals surface area contributed by atoms with Gasteiger partial charge < -0.3 is 5.73 Å². The molecule has 1 aromatic carbocycles. The van der Waals surface area contributed by atoms with Crippen LogP contribution in [0.5, 0.6) is 0 Å². The summed E-state index contributed by atoms with van der Waals surface area (Å²) >= 11 is 0. The molecule has 86 valence electrons. The molecule has 1 amide bonds. The minimum absolute atomic E-state index is 0.190. The first-order chi connectivity index (χ1) is 7.75. The Labute approximate surface area is 96.2 Å². The van der Waals surface area contributed by atoms with Crippen molar-refractivity contribution in [1.82, 2.24) is 4.90 Å². The number of benzene rings is 1. The molecule has 1 fully saturated rings. The normalized spacial score (nSPS) is 21.1. The summed E-state index contributed by atoms with van der Waals surface area (Å²) in [5.74, 6) is -0.190. The van der Waals surface area contributed by atoms with Gasteiger partial charge in [0, 0.05) is 19.0 Å². The lowest BCUT2D eigenvalue weighted by Crippen LogP contribution is -2.32. The van der Waals surface area contributed by atoms with Gasteiger partial charge in [0.05, 0.1) is 0 Å². The van der Waals surface area contributed by atoms with Crippen LogP contribution >= 0.6 is 0 Å². The smallest absolute Gasteiger partial charge is 0.218 e. The van der Waals surface area contributed by atoms with Crippen LogP contribution in [0.4, 0.5) is 0 Å². The van der Waals surface area contributed by atoms with Gasteiger partial charge in [0.1, 0.15) is 0 Å². The molecule has 1 heterocycles. The first-order valence-electron chi connectivity index (χ1n) is 5.82. The van der Waals surface area contributed by atoms with Crippen molar-refractivity contribution in [3.63, 3.8) is 0 Å². The molecule has 3 heteroatoms. The van der Waals surface area contributed by atoms with Crippen LogP contribution in [-0.2, 0) is 11.3 Å². The van der Waals surface area contributed by atoms with Gasteiger partial charge in [-0.3, -0.25) is 9.69 Å². The first kappa shape index (κ1) is 11.1. The minimum Gasteiger partial charge on any atom is -0.370 e. The van der Waals surface area contributed by atoms with Gasteiger partial charge in [-0.05, 0) is 24.9 Å². The van der Waals surface area contributed by atoms with Crippen LogP contribution in [0.25, 0.3) is 0 Å². The lowest BCUT2D eigenvalue weighted by Gasteiger charge is -2.23. The fraction of sp³-hybridized carbons (Fsp3) is 0.462. The number of carbonyl (C=O) groups excluding carboxylic acids is 1. The van der Waals surface area contributed by atoms with Crippen molar-refractivity contribution in [3.05, 3.63) is 35.9 Å². The van der Waals surface area contributed by atoms with Crippen LogP contribution in [0, 0.1) is 0 Å². The van der Waals surface area contributed by atoms with Crippen LogP contribution in [0.3, 0.4) is 0 Å². The van der Waals surface area contributed by atoms with E-state index in [1.54, 1.807) is 0 Å². The summed E-state index contributed by atoms with van der Waals surface area (Å²) < 4.78 is 0. The molecule has 0 spiro atoms. The number of hydrogen-bond donors (Lipinski definition) is 1. The molecule has 0 unspecified atom stereocenters. The summed E-state index contributed by atoms with van der Waals surface area (Å²) in [6, 6.07) is 10.7. The van der Waals surface area contributed by atoms with Gasteiger partial charge in [-0.1, -0.05) is 30.3 Å². The van der Waals surface area contributed by atoms with Crippen LogP contribution < -0.4 is 5.73 Å². The predicted molar refractivity (Wildman–Crippen MR) is 63.7 cm³/mol. The lowest BCUT2D eigenvalue weighted by molar-refractivity contribution is -0.119. The fourth-order valence-corrected chi connectivity index (χ4v) is 2.38. The summed E-state index contributed by atoms with van der Waals surface area (Å²) in [6.07, 6.45) is 2.76. The van der Waals surface area contributed by atoms with E-state index in [4.69, 9.17) is 5.73 Å². The van der Waals surface area contributed by atoms with Gasteiger partial charge in [0.25, 0.3) is 0 Å². The third-order valence-electron chi connectivity index (χ3n) is 3.16. The van der Waals surface area contributed by atoms with Crippen LogP contribution in [0.2, 0.25) is 0 Å². The molecule has 1 saturated heterocycles. The summed E-state index contributed by atoms with van der Waals surface area (Å²) in [4.78, 5) is 13.3. The zero-order chi connectivity index (χ0) is 11.4. The average Bonchev–Trinajstić information content (AvgIpc) is 2.66. The Balaban J connectivity index is 1.96. The second-order valence-electron chi connectivity index (χ2n) is 4.42. The standard InChI is InChI=1S/C13H18N2O/c14-13(16)9-12-7-4-8-15(12)10-11-5-2-1-3-6-11/h1-3,5-6,12H,4,7-10H2,(H2,14,16)/t12-/m0/s1. The van der Waals surface area contributed by atoms with Crippen molar-refractivity contribution in [1.29, 1.82) is 0 Å². The van der Waals surface area contributed by atoms with Crippen LogP contribution in [0.1, 0.15) is 24.8 Å². The highest BCUT2D eigenvalue weighted by atomic mass is 16.1. The molecular weight excluding hydrogens is 200 g/mol. The van der Waals surface area contributed by atoms with Gasteiger partial charge in [0.15, 0.2) is 0 Å². The quantitative estimate of drug-likeness (QED) is 0.833. The summed E-state index contributed by atoms with van der Waals surface area (Å²) in [6.45, 7) is 2.01.